The molecular formula is C12H19NO4. The second-order valence-electron chi connectivity index (χ2n) is 4.89. The van der Waals surface area contributed by atoms with Crippen LogP contribution in [0.4, 0.5) is 4.79 Å². The van der Waals surface area contributed by atoms with E-state index in [1.165, 1.54) is 12.0 Å². The van der Waals surface area contributed by atoms with E-state index in [1.54, 1.807) is 27.0 Å². The van der Waals surface area contributed by atoms with Gasteiger partial charge >= 0.3 is 12.1 Å². The molecule has 1 rings (SSSR count). The van der Waals surface area contributed by atoms with E-state index in [0.29, 0.717) is 6.42 Å². The molecule has 0 unspecified atom stereocenters. The van der Waals surface area contributed by atoms with Crippen LogP contribution in [0.3, 0.4) is 0 Å². The minimum atomic E-state index is -0.591. The first-order valence-electron chi connectivity index (χ1n) is 5.61. The Kier molecular flexibility index (Phi) is 4.15. The summed E-state index contributed by atoms with van der Waals surface area (Å²) in [5.74, 6) is -0.396. The molecule has 5 nitrogen and oxygen atoms in total. The third-order valence-electron chi connectivity index (χ3n) is 2.27. The van der Waals surface area contributed by atoms with Gasteiger partial charge in [0, 0.05) is 6.20 Å². The Balaban J connectivity index is 2.77. The summed E-state index contributed by atoms with van der Waals surface area (Å²) in [6.07, 6.45) is 4.16. The van der Waals surface area contributed by atoms with Gasteiger partial charge in [0.1, 0.15) is 11.6 Å². The van der Waals surface area contributed by atoms with Crippen LogP contribution in [0.2, 0.25) is 0 Å². The Labute approximate surface area is 101 Å². The Morgan fingerprint density at radius 1 is 1.35 bits per heavy atom. The van der Waals surface area contributed by atoms with E-state index < -0.39 is 23.7 Å². The molecule has 96 valence electrons. The maximum absolute atomic E-state index is 11.9. The number of esters is 1. The van der Waals surface area contributed by atoms with Crippen LogP contribution in [-0.4, -0.2) is 35.7 Å². The first kappa shape index (κ1) is 13.5. The van der Waals surface area contributed by atoms with Gasteiger partial charge in [-0.3, -0.25) is 4.90 Å². The fourth-order valence-corrected chi connectivity index (χ4v) is 1.58. The van der Waals surface area contributed by atoms with Crippen LogP contribution in [0.1, 0.15) is 33.6 Å². The van der Waals surface area contributed by atoms with Gasteiger partial charge in [0.2, 0.25) is 0 Å². The number of methoxy groups -OCH3 is 1. The number of hydrogen-bond acceptors (Lipinski definition) is 4. The van der Waals surface area contributed by atoms with Gasteiger partial charge in [-0.1, -0.05) is 6.08 Å². The minimum absolute atomic E-state index is 0.396. The summed E-state index contributed by atoms with van der Waals surface area (Å²) >= 11 is 0. The Hall–Kier alpha value is -1.52. The number of carbonyl (C=O) groups is 2. The zero-order chi connectivity index (χ0) is 13.1. The molecule has 0 bridgehead atoms. The largest absolute Gasteiger partial charge is 0.458 e. The normalized spacial score (nSPS) is 20.0. The average molecular weight is 241 g/mol. The number of nitrogens with zero attached hydrogens (tertiary/aromatic N) is 1. The van der Waals surface area contributed by atoms with E-state index in [2.05, 4.69) is 4.74 Å². The van der Waals surface area contributed by atoms with Gasteiger partial charge in [-0.15, -0.1) is 0 Å². The number of ether oxygens (including phenoxy) is 2. The SMILES string of the molecule is COC(=O)N1C=CCC[C@@H]1C(=O)OC(C)(C)C. The van der Waals surface area contributed by atoms with E-state index in [0.717, 1.165) is 6.42 Å². The van der Waals surface area contributed by atoms with Crippen molar-refractivity contribution in [3.8, 4) is 0 Å². The minimum Gasteiger partial charge on any atom is -0.458 e. The number of hydrogen-bond donors (Lipinski definition) is 0. The van der Waals surface area contributed by atoms with Gasteiger partial charge in [0.15, 0.2) is 0 Å². The van der Waals surface area contributed by atoms with Crippen LogP contribution in [-0.2, 0) is 14.3 Å². The second kappa shape index (κ2) is 5.21. The van der Waals surface area contributed by atoms with Crippen molar-refractivity contribution < 1.29 is 19.1 Å². The standard InChI is InChI=1S/C12H19NO4/c1-12(2,3)17-10(14)9-7-5-6-8-13(9)11(15)16-4/h6,8-9H,5,7H2,1-4H3/t9-/m1/s1. The van der Waals surface area contributed by atoms with Crippen LogP contribution in [0, 0.1) is 0 Å². The summed E-state index contributed by atoms with van der Waals surface area (Å²) < 4.78 is 9.91. The van der Waals surface area contributed by atoms with E-state index in [1.807, 2.05) is 6.08 Å². The van der Waals surface area contributed by atoms with Crippen LogP contribution < -0.4 is 0 Å². The van der Waals surface area contributed by atoms with Crippen LogP contribution >= 0.6 is 0 Å². The molecule has 0 saturated carbocycles. The van der Waals surface area contributed by atoms with E-state index >= 15 is 0 Å². The van der Waals surface area contributed by atoms with Gasteiger partial charge in [-0.25, -0.2) is 9.59 Å². The van der Waals surface area contributed by atoms with Crippen LogP contribution in [0.15, 0.2) is 12.3 Å². The van der Waals surface area contributed by atoms with Crippen molar-refractivity contribution in [3.05, 3.63) is 12.3 Å². The molecule has 0 fully saturated rings. The molecule has 0 N–H and O–H groups in total. The molecule has 1 aliphatic heterocycles. The highest BCUT2D eigenvalue weighted by molar-refractivity contribution is 5.82. The van der Waals surface area contributed by atoms with Gasteiger partial charge in [0.05, 0.1) is 7.11 Å². The molecule has 0 radical (unpaired) electrons. The van der Waals surface area contributed by atoms with Gasteiger partial charge in [0.25, 0.3) is 0 Å². The van der Waals surface area contributed by atoms with Crippen molar-refractivity contribution >= 4 is 12.1 Å². The number of carbonyl (C=O) groups excluding carboxylic acids is 2. The molecule has 0 spiro atoms. The first-order valence-corrected chi connectivity index (χ1v) is 5.61. The predicted octanol–water partition coefficient (Wildman–Crippen LogP) is 2.07. The predicted molar refractivity (Wildman–Crippen MR) is 62.3 cm³/mol. The molecule has 1 aliphatic rings. The molecule has 0 saturated heterocycles. The smallest absolute Gasteiger partial charge is 0.414 e. The van der Waals surface area contributed by atoms with Crippen molar-refractivity contribution in [2.75, 3.05) is 7.11 Å². The lowest BCUT2D eigenvalue weighted by Gasteiger charge is -2.31. The number of amides is 1. The van der Waals surface area contributed by atoms with E-state index in [9.17, 15) is 9.59 Å². The van der Waals surface area contributed by atoms with Crippen molar-refractivity contribution in [2.45, 2.75) is 45.3 Å². The Morgan fingerprint density at radius 3 is 2.53 bits per heavy atom. The monoisotopic (exact) mass is 241 g/mol. The summed E-state index contributed by atoms with van der Waals surface area (Å²) in [5.41, 5.74) is -0.556. The highest BCUT2D eigenvalue weighted by Crippen LogP contribution is 2.19. The molecular weight excluding hydrogens is 222 g/mol. The van der Waals surface area contributed by atoms with Crippen LogP contribution in [0.25, 0.3) is 0 Å². The summed E-state index contributed by atoms with van der Waals surface area (Å²) in [7, 11) is 1.29. The molecule has 0 aromatic carbocycles. The summed E-state index contributed by atoms with van der Waals surface area (Å²) in [6.45, 7) is 5.39. The lowest BCUT2D eigenvalue weighted by molar-refractivity contribution is -0.160. The topological polar surface area (TPSA) is 55.8 Å². The summed E-state index contributed by atoms with van der Waals surface area (Å²) in [4.78, 5) is 24.7. The molecule has 0 aromatic heterocycles. The lowest BCUT2D eigenvalue weighted by atomic mass is 10.1. The van der Waals surface area contributed by atoms with Gasteiger partial charge < -0.3 is 9.47 Å². The molecule has 0 aromatic rings. The third kappa shape index (κ3) is 3.76. The van der Waals surface area contributed by atoms with Crippen molar-refractivity contribution in [1.29, 1.82) is 0 Å². The fourth-order valence-electron chi connectivity index (χ4n) is 1.58. The first-order chi connectivity index (χ1) is 7.85. The highest BCUT2D eigenvalue weighted by atomic mass is 16.6. The Morgan fingerprint density at radius 2 is 2.00 bits per heavy atom. The maximum atomic E-state index is 11.9. The second-order valence-corrected chi connectivity index (χ2v) is 4.89. The van der Waals surface area contributed by atoms with Crippen molar-refractivity contribution in [1.82, 2.24) is 4.90 Å². The maximum Gasteiger partial charge on any atom is 0.414 e. The van der Waals surface area contributed by atoms with Crippen molar-refractivity contribution in [2.24, 2.45) is 0 Å². The molecule has 5 heteroatoms. The van der Waals surface area contributed by atoms with Gasteiger partial charge in [-0.2, -0.15) is 0 Å². The third-order valence-corrected chi connectivity index (χ3v) is 2.27. The molecule has 1 heterocycles. The van der Waals surface area contributed by atoms with E-state index in [-0.39, 0.29) is 0 Å². The highest BCUT2D eigenvalue weighted by Gasteiger charge is 2.33. The van der Waals surface area contributed by atoms with Crippen LogP contribution in [0.5, 0.6) is 0 Å². The van der Waals surface area contributed by atoms with Gasteiger partial charge in [-0.05, 0) is 33.6 Å². The molecule has 0 aliphatic carbocycles. The number of allylic oxidation sites excluding steroid dienone is 1. The number of rotatable bonds is 1. The fraction of sp³-hybridized carbons (Fsp3) is 0.667. The molecule has 1 atom stereocenters. The lowest BCUT2D eigenvalue weighted by Crippen LogP contribution is -2.45. The molecule has 17 heavy (non-hydrogen) atoms. The quantitative estimate of drug-likeness (QED) is 0.659. The zero-order valence-corrected chi connectivity index (χ0v) is 10.7. The summed E-state index contributed by atoms with van der Waals surface area (Å²) in [6, 6.07) is -0.591. The van der Waals surface area contributed by atoms with E-state index in [4.69, 9.17) is 4.74 Å². The van der Waals surface area contributed by atoms with Crippen molar-refractivity contribution in [3.63, 3.8) is 0 Å². The Bertz CT molecular complexity index is 330. The molecule has 1 amide bonds. The average Bonchev–Trinajstić information content (AvgIpc) is 2.25. The summed E-state index contributed by atoms with van der Waals surface area (Å²) in [5, 5.41) is 0. The zero-order valence-electron chi connectivity index (χ0n) is 10.7.